The SMILES string of the molecule is C=C1/C(=C\C=C2/CCC[C@]3(C)/C(=C/c4ccc(C(C)(C)O)cc4)CC[C@@H]23)C[C@@H](O[Si](C)(C)C(C)(C)C)C[C@@H]1O[Si](C)(C)C(C)(C)C. The third-order valence-electron chi connectivity index (χ3n) is 12.5. The van der Waals surface area contributed by atoms with Crippen LogP contribution in [0.2, 0.25) is 36.3 Å². The second-order valence-corrected chi connectivity index (χ2v) is 28.0. The Bertz CT molecular complexity index is 1360. The molecule has 0 spiro atoms. The zero-order valence-corrected chi connectivity index (χ0v) is 33.7. The standard InChI is InChI=1S/C41H66O3Si2/c1-29-32(27-35(43-45(11,12)38(2,3)4)28-37(29)44-46(13,14)39(5,6)7)20-19-31-16-15-25-41(10)34(23-24-36(31)41)26-30-17-21-33(22-18-30)40(8,9)42/h17-22,26,35-37,42H,1,15-16,23-25,27-28H2,2-14H3/b31-19+,32-20-,34-26+/t35-,36+,37+,41-/m1/s1. The van der Waals surface area contributed by atoms with Crippen LogP contribution in [0.4, 0.5) is 0 Å². The van der Waals surface area contributed by atoms with Gasteiger partial charge in [-0.2, -0.15) is 0 Å². The predicted molar refractivity (Wildman–Crippen MR) is 203 cm³/mol. The van der Waals surface area contributed by atoms with Gasteiger partial charge in [-0.3, -0.25) is 0 Å². The summed E-state index contributed by atoms with van der Waals surface area (Å²) in [6.07, 6.45) is 15.3. The summed E-state index contributed by atoms with van der Waals surface area (Å²) >= 11 is 0. The predicted octanol–water partition coefficient (Wildman–Crippen LogP) is 11.9. The maximum Gasteiger partial charge on any atom is 0.192 e. The Morgan fingerprint density at radius 3 is 2.02 bits per heavy atom. The third kappa shape index (κ3) is 8.02. The average molecular weight is 663 g/mol. The first-order chi connectivity index (χ1) is 20.9. The van der Waals surface area contributed by atoms with Gasteiger partial charge in [-0.25, -0.2) is 0 Å². The number of rotatable bonds is 7. The molecule has 3 aliphatic carbocycles. The minimum Gasteiger partial charge on any atom is -0.413 e. The highest BCUT2D eigenvalue weighted by Crippen LogP contribution is 2.57. The largest absolute Gasteiger partial charge is 0.413 e. The van der Waals surface area contributed by atoms with Crippen LogP contribution in [0.25, 0.3) is 6.08 Å². The molecule has 3 aliphatic rings. The first kappa shape index (κ1) is 37.3. The highest BCUT2D eigenvalue weighted by molar-refractivity contribution is 6.74. The molecule has 1 N–H and O–H groups in total. The van der Waals surface area contributed by atoms with Gasteiger partial charge in [-0.1, -0.05) is 109 Å². The maximum atomic E-state index is 10.4. The van der Waals surface area contributed by atoms with Crippen LogP contribution in [-0.2, 0) is 14.5 Å². The van der Waals surface area contributed by atoms with Gasteiger partial charge in [-0.05, 0) is 122 Å². The molecule has 0 unspecified atom stereocenters. The molecule has 3 saturated carbocycles. The van der Waals surface area contributed by atoms with Crippen molar-refractivity contribution in [2.75, 3.05) is 0 Å². The third-order valence-corrected chi connectivity index (χ3v) is 21.5. The fourth-order valence-electron chi connectivity index (χ4n) is 7.28. The average Bonchev–Trinajstić information content (AvgIpc) is 3.24. The van der Waals surface area contributed by atoms with Crippen LogP contribution in [0.5, 0.6) is 0 Å². The lowest BCUT2D eigenvalue weighted by Crippen LogP contribution is -2.49. The molecule has 1 aromatic carbocycles. The highest BCUT2D eigenvalue weighted by Gasteiger charge is 2.47. The molecule has 0 radical (unpaired) electrons. The van der Waals surface area contributed by atoms with Crippen molar-refractivity contribution in [3.63, 3.8) is 0 Å². The van der Waals surface area contributed by atoms with E-state index in [0.29, 0.717) is 5.92 Å². The van der Waals surface area contributed by atoms with Crippen molar-refractivity contribution in [2.24, 2.45) is 11.3 Å². The molecule has 256 valence electrons. The highest BCUT2D eigenvalue weighted by atomic mass is 28.4. The van der Waals surface area contributed by atoms with Crippen molar-refractivity contribution >= 4 is 22.7 Å². The molecule has 46 heavy (non-hydrogen) atoms. The van der Waals surface area contributed by atoms with E-state index in [9.17, 15) is 5.11 Å². The van der Waals surface area contributed by atoms with Gasteiger partial charge < -0.3 is 14.0 Å². The summed E-state index contributed by atoms with van der Waals surface area (Å²) in [5.74, 6) is 0.579. The molecule has 0 heterocycles. The second kappa shape index (κ2) is 13.1. The molecule has 0 bridgehead atoms. The fourth-order valence-corrected chi connectivity index (χ4v) is 9.95. The Kier molecular flexibility index (Phi) is 10.6. The summed E-state index contributed by atoms with van der Waals surface area (Å²) in [6, 6.07) is 8.47. The monoisotopic (exact) mass is 662 g/mol. The lowest BCUT2D eigenvalue weighted by molar-refractivity contribution is 0.0786. The molecule has 0 saturated heterocycles. The maximum absolute atomic E-state index is 10.4. The van der Waals surface area contributed by atoms with E-state index in [1.807, 2.05) is 13.8 Å². The zero-order valence-electron chi connectivity index (χ0n) is 31.7. The van der Waals surface area contributed by atoms with Crippen molar-refractivity contribution in [3.8, 4) is 0 Å². The van der Waals surface area contributed by atoms with Crippen LogP contribution in [-0.4, -0.2) is 33.9 Å². The van der Waals surface area contributed by atoms with E-state index in [2.05, 4.69) is 124 Å². The number of allylic oxidation sites excluding steroid dienone is 4. The number of benzene rings is 1. The number of aliphatic hydroxyl groups is 1. The number of hydrogen-bond donors (Lipinski definition) is 1. The smallest absolute Gasteiger partial charge is 0.192 e. The first-order valence-corrected chi connectivity index (χ1v) is 23.7. The van der Waals surface area contributed by atoms with Crippen LogP contribution in [0, 0.1) is 11.3 Å². The normalized spacial score (nSPS) is 29.6. The van der Waals surface area contributed by atoms with Gasteiger partial charge in [0.25, 0.3) is 0 Å². The minimum atomic E-state index is -1.99. The van der Waals surface area contributed by atoms with Crippen molar-refractivity contribution in [3.05, 3.63) is 76.4 Å². The number of fused-ring (bicyclic) bond motifs is 1. The lowest BCUT2D eigenvalue weighted by atomic mass is 9.65. The van der Waals surface area contributed by atoms with Crippen LogP contribution < -0.4 is 0 Å². The molecule has 4 atom stereocenters. The molecule has 1 aromatic rings. The van der Waals surface area contributed by atoms with Gasteiger partial charge in [0.05, 0.1) is 17.8 Å². The van der Waals surface area contributed by atoms with E-state index in [0.717, 1.165) is 30.4 Å². The number of hydrogen-bond acceptors (Lipinski definition) is 3. The molecule has 4 rings (SSSR count). The van der Waals surface area contributed by atoms with Crippen LogP contribution >= 0.6 is 0 Å². The van der Waals surface area contributed by atoms with E-state index in [-0.39, 0.29) is 27.7 Å². The topological polar surface area (TPSA) is 38.7 Å². The van der Waals surface area contributed by atoms with Gasteiger partial charge in [0.2, 0.25) is 0 Å². The summed E-state index contributed by atoms with van der Waals surface area (Å²) in [5, 5.41) is 10.7. The summed E-state index contributed by atoms with van der Waals surface area (Å²) in [4.78, 5) is 0. The van der Waals surface area contributed by atoms with Crippen molar-refractivity contribution < 1.29 is 14.0 Å². The van der Waals surface area contributed by atoms with Crippen LogP contribution in [0.1, 0.15) is 118 Å². The van der Waals surface area contributed by atoms with E-state index in [1.54, 1.807) is 11.1 Å². The summed E-state index contributed by atoms with van der Waals surface area (Å²) in [6.45, 7) is 34.3. The Morgan fingerprint density at radius 2 is 1.46 bits per heavy atom. The van der Waals surface area contributed by atoms with Crippen molar-refractivity contribution in [1.82, 2.24) is 0 Å². The van der Waals surface area contributed by atoms with Gasteiger partial charge >= 0.3 is 0 Å². The van der Waals surface area contributed by atoms with Gasteiger partial charge in [0, 0.05) is 6.42 Å². The molecule has 3 nitrogen and oxygen atoms in total. The summed E-state index contributed by atoms with van der Waals surface area (Å²) in [5.41, 5.74) is 7.25. The van der Waals surface area contributed by atoms with Crippen molar-refractivity contribution in [1.29, 1.82) is 0 Å². The zero-order chi connectivity index (χ0) is 34.5. The Labute approximate surface area is 284 Å². The minimum absolute atomic E-state index is 0.00879. The van der Waals surface area contributed by atoms with Gasteiger partial charge in [0.15, 0.2) is 16.6 Å². The van der Waals surface area contributed by atoms with E-state index >= 15 is 0 Å². The molecule has 0 aromatic heterocycles. The molecule has 5 heteroatoms. The van der Waals surface area contributed by atoms with Crippen LogP contribution in [0.3, 0.4) is 0 Å². The Morgan fingerprint density at radius 1 is 0.870 bits per heavy atom. The summed E-state index contributed by atoms with van der Waals surface area (Å²) < 4.78 is 14.2. The molecular weight excluding hydrogens is 597 g/mol. The first-order valence-electron chi connectivity index (χ1n) is 17.9. The van der Waals surface area contributed by atoms with Crippen molar-refractivity contribution in [2.45, 2.75) is 161 Å². The molecule has 3 fully saturated rings. The Balaban J connectivity index is 1.62. The summed E-state index contributed by atoms with van der Waals surface area (Å²) in [7, 11) is -3.93. The van der Waals surface area contributed by atoms with Gasteiger partial charge in [-0.15, -0.1) is 0 Å². The molecular formula is C41H66O3Si2. The van der Waals surface area contributed by atoms with Gasteiger partial charge in [0.1, 0.15) is 0 Å². The Hall–Kier alpha value is -1.51. The second-order valence-electron chi connectivity index (χ2n) is 18.5. The lowest BCUT2D eigenvalue weighted by Gasteiger charge is -2.45. The van der Waals surface area contributed by atoms with E-state index in [4.69, 9.17) is 8.85 Å². The quantitative estimate of drug-likeness (QED) is 0.295. The molecule has 0 amide bonds. The van der Waals surface area contributed by atoms with Crippen LogP contribution in [0.15, 0.2) is 65.3 Å². The fraction of sp³-hybridized carbons (Fsp3) is 0.659. The van der Waals surface area contributed by atoms with E-state index in [1.165, 1.54) is 36.8 Å². The van der Waals surface area contributed by atoms with E-state index < -0.39 is 22.2 Å². The molecule has 0 aliphatic heterocycles.